The SMILES string of the molecule is OC[C@@H](c1ccc(-c2ccc(C(F)(F)F)cc2)cc1)N1CCNCC1. The molecule has 6 heteroatoms. The fourth-order valence-electron chi connectivity index (χ4n) is 3.17. The van der Waals surface area contributed by atoms with E-state index >= 15 is 0 Å². The summed E-state index contributed by atoms with van der Waals surface area (Å²) < 4.78 is 37.9. The molecule has 2 aromatic rings. The van der Waals surface area contributed by atoms with Gasteiger partial charge in [-0.05, 0) is 28.8 Å². The van der Waals surface area contributed by atoms with E-state index in [1.54, 1.807) is 0 Å². The average molecular weight is 350 g/mol. The van der Waals surface area contributed by atoms with Gasteiger partial charge in [-0.2, -0.15) is 13.2 Å². The highest BCUT2D eigenvalue weighted by Gasteiger charge is 2.30. The van der Waals surface area contributed by atoms with E-state index in [1.165, 1.54) is 12.1 Å². The minimum absolute atomic E-state index is 0.0413. The van der Waals surface area contributed by atoms with Crippen LogP contribution in [0, 0.1) is 0 Å². The number of benzene rings is 2. The molecule has 1 saturated heterocycles. The fourth-order valence-corrected chi connectivity index (χ4v) is 3.17. The van der Waals surface area contributed by atoms with Crippen molar-refractivity contribution in [2.24, 2.45) is 0 Å². The lowest BCUT2D eigenvalue weighted by atomic mass is 9.99. The van der Waals surface area contributed by atoms with Gasteiger partial charge in [0.2, 0.25) is 0 Å². The van der Waals surface area contributed by atoms with Gasteiger partial charge in [-0.1, -0.05) is 36.4 Å². The van der Waals surface area contributed by atoms with E-state index in [9.17, 15) is 18.3 Å². The number of hydrogen-bond donors (Lipinski definition) is 2. The smallest absolute Gasteiger partial charge is 0.394 e. The van der Waals surface area contributed by atoms with E-state index in [1.807, 2.05) is 24.3 Å². The zero-order valence-corrected chi connectivity index (χ0v) is 13.8. The van der Waals surface area contributed by atoms with E-state index in [0.717, 1.165) is 55.0 Å². The molecule has 0 aromatic heterocycles. The lowest BCUT2D eigenvalue weighted by molar-refractivity contribution is -0.137. The molecule has 25 heavy (non-hydrogen) atoms. The van der Waals surface area contributed by atoms with Crippen molar-refractivity contribution < 1.29 is 18.3 Å². The second-order valence-electron chi connectivity index (χ2n) is 6.18. The zero-order valence-electron chi connectivity index (χ0n) is 13.8. The molecule has 0 bridgehead atoms. The average Bonchev–Trinajstić information content (AvgIpc) is 2.63. The molecule has 134 valence electrons. The van der Waals surface area contributed by atoms with Gasteiger partial charge in [0.05, 0.1) is 18.2 Å². The van der Waals surface area contributed by atoms with Gasteiger partial charge in [-0.3, -0.25) is 4.90 Å². The molecule has 1 heterocycles. The Bertz CT molecular complexity index is 677. The molecule has 0 radical (unpaired) electrons. The Kier molecular flexibility index (Phi) is 5.42. The summed E-state index contributed by atoms with van der Waals surface area (Å²) >= 11 is 0. The number of hydrogen-bond acceptors (Lipinski definition) is 3. The quantitative estimate of drug-likeness (QED) is 0.888. The van der Waals surface area contributed by atoms with Crippen LogP contribution in [0.3, 0.4) is 0 Å². The number of aliphatic hydroxyl groups is 1. The summed E-state index contributed by atoms with van der Waals surface area (Å²) in [5.74, 6) is 0. The highest BCUT2D eigenvalue weighted by Crippen LogP contribution is 2.31. The predicted octanol–water partition coefficient (Wildman–Crippen LogP) is 3.31. The first kappa shape index (κ1) is 17.9. The van der Waals surface area contributed by atoms with Gasteiger partial charge in [0.1, 0.15) is 0 Å². The fraction of sp³-hybridized carbons (Fsp3) is 0.368. The van der Waals surface area contributed by atoms with Crippen LogP contribution in [0.5, 0.6) is 0 Å². The number of piperazine rings is 1. The van der Waals surface area contributed by atoms with Crippen molar-refractivity contribution in [2.75, 3.05) is 32.8 Å². The highest BCUT2D eigenvalue weighted by molar-refractivity contribution is 5.64. The first-order valence-corrected chi connectivity index (χ1v) is 8.32. The maximum Gasteiger partial charge on any atom is 0.416 e. The molecule has 0 saturated carbocycles. The summed E-state index contributed by atoms with van der Waals surface area (Å²) in [6, 6.07) is 12.8. The van der Waals surface area contributed by atoms with Crippen molar-refractivity contribution in [3.63, 3.8) is 0 Å². The molecule has 3 rings (SSSR count). The van der Waals surface area contributed by atoms with E-state index in [-0.39, 0.29) is 12.6 Å². The van der Waals surface area contributed by atoms with E-state index in [0.29, 0.717) is 0 Å². The molecule has 2 N–H and O–H groups in total. The third-order valence-electron chi connectivity index (χ3n) is 4.61. The van der Waals surface area contributed by atoms with Gasteiger partial charge < -0.3 is 10.4 Å². The second-order valence-corrected chi connectivity index (χ2v) is 6.18. The molecule has 1 aliphatic rings. The molecular formula is C19H21F3N2O. The first-order chi connectivity index (χ1) is 12.0. The zero-order chi connectivity index (χ0) is 17.9. The molecule has 2 aromatic carbocycles. The standard InChI is InChI=1S/C19H21F3N2O/c20-19(21,22)17-7-5-15(6-8-17)14-1-3-16(4-2-14)18(13-25)24-11-9-23-10-12-24/h1-8,18,23,25H,9-13H2/t18-/m0/s1. The molecule has 0 amide bonds. The largest absolute Gasteiger partial charge is 0.416 e. The Morgan fingerprint density at radius 2 is 1.44 bits per heavy atom. The Morgan fingerprint density at radius 3 is 1.92 bits per heavy atom. The minimum atomic E-state index is -4.32. The van der Waals surface area contributed by atoms with Crippen LogP contribution in [-0.4, -0.2) is 42.8 Å². The van der Waals surface area contributed by atoms with Gasteiger partial charge in [0, 0.05) is 26.2 Å². The minimum Gasteiger partial charge on any atom is -0.394 e. The Balaban J connectivity index is 1.77. The molecule has 1 atom stereocenters. The number of alkyl halides is 3. The Hall–Kier alpha value is -1.89. The van der Waals surface area contributed by atoms with Crippen LogP contribution in [-0.2, 0) is 6.18 Å². The van der Waals surface area contributed by atoms with Crippen LogP contribution in [0.2, 0.25) is 0 Å². The van der Waals surface area contributed by atoms with E-state index < -0.39 is 11.7 Å². The Labute approximate surface area is 145 Å². The number of nitrogens with one attached hydrogen (secondary N) is 1. The van der Waals surface area contributed by atoms with E-state index in [4.69, 9.17) is 0 Å². The van der Waals surface area contributed by atoms with Crippen LogP contribution in [0.4, 0.5) is 13.2 Å². The summed E-state index contributed by atoms with van der Waals surface area (Å²) in [5, 5.41) is 13.0. The van der Waals surface area contributed by atoms with E-state index in [2.05, 4.69) is 10.2 Å². The highest BCUT2D eigenvalue weighted by atomic mass is 19.4. The van der Waals surface area contributed by atoms with Gasteiger partial charge in [0.25, 0.3) is 0 Å². The van der Waals surface area contributed by atoms with Crippen LogP contribution in [0.25, 0.3) is 11.1 Å². The lowest BCUT2D eigenvalue weighted by Gasteiger charge is -2.34. The lowest BCUT2D eigenvalue weighted by Crippen LogP contribution is -2.46. The van der Waals surface area contributed by atoms with Crippen molar-refractivity contribution in [1.29, 1.82) is 0 Å². The second kappa shape index (κ2) is 7.56. The van der Waals surface area contributed by atoms with Crippen LogP contribution >= 0.6 is 0 Å². The monoisotopic (exact) mass is 350 g/mol. The van der Waals surface area contributed by atoms with Crippen molar-refractivity contribution in [2.45, 2.75) is 12.2 Å². The first-order valence-electron chi connectivity index (χ1n) is 8.32. The summed E-state index contributed by atoms with van der Waals surface area (Å²) in [6.07, 6.45) is -4.32. The summed E-state index contributed by atoms with van der Waals surface area (Å²) in [6.45, 7) is 3.61. The summed E-state index contributed by atoms with van der Waals surface area (Å²) in [4.78, 5) is 2.24. The maximum atomic E-state index is 12.6. The maximum absolute atomic E-state index is 12.6. The summed E-state index contributed by atoms with van der Waals surface area (Å²) in [7, 11) is 0. The van der Waals surface area contributed by atoms with Crippen LogP contribution in [0.1, 0.15) is 17.2 Å². The number of nitrogens with zero attached hydrogens (tertiary/aromatic N) is 1. The van der Waals surface area contributed by atoms with Crippen LogP contribution < -0.4 is 5.32 Å². The van der Waals surface area contributed by atoms with Gasteiger partial charge in [-0.25, -0.2) is 0 Å². The third-order valence-corrected chi connectivity index (χ3v) is 4.61. The Morgan fingerprint density at radius 1 is 0.920 bits per heavy atom. The predicted molar refractivity (Wildman–Crippen MR) is 91.1 cm³/mol. The molecule has 1 fully saturated rings. The van der Waals surface area contributed by atoms with Crippen molar-refractivity contribution >= 4 is 0 Å². The topological polar surface area (TPSA) is 35.5 Å². The van der Waals surface area contributed by atoms with Crippen LogP contribution in [0.15, 0.2) is 48.5 Å². The number of halogens is 3. The van der Waals surface area contributed by atoms with Crippen molar-refractivity contribution in [3.05, 3.63) is 59.7 Å². The number of aliphatic hydroxyl groups excluding tert-OH is 1. The van der Waals surface area contributed by atoms with Gasteiger partial charge in [-0.15, -0.1) is 0 Å². The molecule has 0 aliphatic carbocycles. The molecular weight excluding hydrogens is 329 g/mol. The molecule has 0 spiro atoms. The normalized spacial score (nSPS) is 17.4. The number of rotatable bonds is 4. The molecule has 3 nitrogen and oxygen atoms in total. The molecule has 1 aliphatic heterocycles. The summed E-state index contributed by atoms with van der Waals surface area (Å²) in [5.41, 5.74) is 1.96. The molecule has 0 unspecified atom stereocenters. The van der Waals surface area contributed by atoms with Crippen molar-refractivity contribution in [3.8, 4) is 11.1 Å². The van der Waals surface area contributed by atoms with Gasteiger partial charge >= 0.3 is 6.18 Å². The van der Waals surface area contributed by atoms with Crippen molar-refractivity contribution in [1.82, 2.24) is 10.2 Å². The van der Waals surface area contributed by atoms with Gasteiger partial charge in [0.15, 0.2) is 0 Å². The third kappa shape index (κ3) is 4.21.